The molecule has 0 aliphatic carbocycles. The van der Waals surface area contributed by atoms with E-state index in [1.165, 1.54) is 0 Å². The van der Waals surface area contributed by atoms with E-state index >= 15 is 0 Å². The van der Waals surface area contributed by atoms with Crippen molar-refractivity contribution >= 4 is 5.69 Å². The van der Waals surface area contributed by atoms with Crippen LogP contribution < -0.4 is 5.32 Å². The minimum absolute atomic E-state index is 0.217. The Morgan fingerprint density at radius 2 is 2.06 bits per heavy atom. The Balaban J connectivity index is 2.50. The van der Waals surface area contributed by atoms with Gasteiger partial charge in [0.25, 0.3) is 5.69 Å². The van der Waals surface area contributed by atoms with Crippen molar-refractivity contribution in [3.8, 4) is 0 Å². The molecule has 1 aromatic rings. The number of rotatable bonds is 6. The lowest BCUT2D eigenvalue weighted by molar-refractivity contribution is -0.385. The van der Waals surface area contributed by atoms with Crippen LogP contribution in [0.2, 0.25) is 0 Å². The molecule has 0 aliphatic rings. The van der Waals surface area contributed by atoms with E-state index in [9.17, 15) is 10.1 Å². The first kappa shape index (κ1) is 12.6. The average molecular weight is 222 g/mol. The quantitative estimate of drug-likeness (QED) is 0.457. The Morgan fingerprint density at radius 3 is 2.69 bits per heavy atom. The zero-order valence-corrected chi connectivity index (χ0v) is 9.77. The second-order valence-electron chi connectivity index (χ2n) is 4.23. The molecule has 1 rings (SSSR count). The summed E-state index contributed by atoms with van der Waals surface area (Å²) in [5.41, 5.74) is 1.01. The van der Waals surface area contributed by atoms with Crippen LogP contribution >= 0.6 is 0 Å². The molecule has 4 heteroatoms. The van der Waals surface area contributed by atoms with Gasteiger partial charge in [0.15, 0.2) is 0 Å². The van der Waals surface area contributed by atoms with Crippen molar-refractivity contribution in [1.29, 1.82) is 0 Å². The predicted molar refractivity (Wildman–Crippen MR) is 64.5 cm³/mol. The summed E-state index contributed by atoms with van der Waals surface area (Å²) in [5, 5.41) is 14.0. The Hall–Kier alpha value is -1.42. The van der Waals surface area contributed by atoms with Crippen LogP contribution in [0, 0.1) is 16.0 Å². The number of nitro groups is 1. The number of para-hydroxylation sites is 1. The van der Waals surface area contributed by atoms with E-state index in [1.807, 2.05) is 12.1 Å². The molecule has 16 heavy (non-hydrogen) atoms. The van der Waals surface area contributed by atoms with Gasteiger partial charge in [-0.2, -0.15) is 0 Å². The summed E-state index contributed by atoms with van der Waals surface area (Å²) in [6, 6.07) is 6.90. The molecule has 0 radical (unpaired) electrons. The smallest absolute Gasteiger partial charge is 0.272 e. The van der Waals surface area contributed by atoms with Crippen molar-refractivity contribution in [2.45, 2.75) is 20.3 Å². The third kappa shape index (κ3) is 3.98. The van der Waals surface area contributed by atoms with Crippen LogP contribution in [0.5, 0.6) is 0 Å². The highest BCUT2D eigenvalue weighted by molar-refractivity contribution is 5.39. The van der Waals surface area contributed by atoms with E-state index in [4.69, 9.17) is 0 Å². The molecule has 0 saturated heterocycles. The first-order valence-corrected chi connectivity index (χ1v) is 5.54. The average Bonchev–Trinajstić information content (AvgIpc) is 2.24. The molecule has 0 unspecified atom stereocenters. The summed E-state index contributed by atoms with van der Waals surface area (Å²) in [4.78, 5) is 10.4. The lowest BCUT2D eigenvalue weighted by Crippen LogP contribution is -2.22. The van der Waals surface area contributed by atoms with E-state index in [-0.39, 0.29) is 10.6 Å². The van der Waals surface area contributed by atoms with E-state index in [0.717, 1.165) is 18.7 Å². The van der Waals surface area contributed by atoms with Gasteiger partial charge in [-0.05, 0) is 25.4 Å². The lowest BCUT2D eigenvalue weighted by Gasteiger charge is -2.07. The fourth-order valence-corrected chi connectivity index (χ4v) is 1.51. The van der Waals surface area contributed by atoms with Gasteiger partial charge in [-0.1, -0.05) is 32.0 Å². The van der Waals surface area contributed by atoms with Gasteiger partial charge in [-0.3, -0.25) is 10.1 Å². The molecule has 0 amide bonds. The van der Waals surface area contributed by atoms with Crippen molar-refractivity contribution in [3.05, 3.63) is 39.9 Å². The maximum absolute atomic E-state index is 10.7. The van der Waals surface area contributed by atoms with Gasteiger partial charge in [-0.15, -0.1) is 0 Å². The topological polar surface area (TPSA) is 55.2 Å². The van der Waals surface area contributed by atoms with Crippen LogP contribution in [0.3, 0.4) is 0 Å². The molecule has 0 atom stereocenters. The highest BCUT2D eigenvalue weighted by atomic mass is 16.6. The zero-order valence-electron chi connectivity index (χ0n) is 9.77. The molecule has 1 N–H and O–H groups in total. The largest absolute Gasteiger partial charge is 0.316 e. The third-order valence-electron chi connectivity index (χ3n) is 2.31. The summed E-state index contributed by atoms with van der Waals surface area (Å²) in [6.07, 6.45) is 0.698. The van der Waals surface area contributed by atoms with Gasteiger partial charge in [0.1, 0.15) is 0 Å². The second kappa shape index (κ2) is 6.23. The second-order valence-corrected chi connectivity index (χ2v) is 4.23. The maximum atomic E-state index is 10.7. The van der Waals surface area contributed by atoms with Crippen LogP contribution in [0.1, 0.15) is 19.4 Å². The zero-order chi connectivity index (χ0) is 12.0. The van der Waals surface area contributed by atoms with Gasteiger partial charge in [0.2, 0.25) is 0 Å². The van der Waals surface area contributed by atoms with Gasteiger partial charge >= 0.3 is 0 Å². The Kier molecular flexibility index (Phi) is 4.92. The summed E-state index contributed by atoms with van der Waals surface area (Å²) in [5.74, 6) is 0.603. The minimum atomic E-state index is -0.322. The van der Waals surface area contributed by atoms with Crippen LogP contribution in [-0.2, 0) is 6.42 Å². The molecule has 0 spiro atoms. The first-order chi connectivity index (χ1) is 7.61. The van der Waals surface area contributed by atoms with Crippen molar-refractivity contribution in [3.63, 3.8) is 0 Å². The Bertz CT molecular complexity index is 351. The van der Waals surface area contributed by atoms with Crippen molar-refractivity contribution in [1.82, 2.24) is 5.32 Å². The van der Waals surface area contributed by atoms with Gasteiger partial charge < -0.3 is 5.32 Å². The van der Waals surface area contributed by atoms with Gasteiger partial charge in [0, 0.05) is 11.6 Å². The predicted octanol–water partition coefficient (Wildman–Crippen LogP) is 2.38. The molecular formula is C12H18N2O2. The van der Waals surface area contributed by atoms with E-state index in [0.29, 0.717) is 12.3 Å². The van der Waals surface area contributed by atoms with Gasteiger partial charge in [0.05, 0.1) is 4.92 Å². The van der Waals surface area contributed by atoms with Crippen LogP contribution in [0.25, 0.3) is 0 Å². The SMILES string of the molecule is CC(C)CNCCc1ccccc1[N+](=O)[O-]. The fourth-order valence-electron chi connectivity index (χ4n) is 1.51. The molecule has 0 fully saturated rings. The molecule has 0 aromatic heterocycles. The number of benzene rings is 1. The Labute approximate surface area is 95.8 Å². The highest BCUT2D eigenvalue weighted by Gasteiger charge is 2.11. The number of nitrogens with one attached hydrogen (secondary N) is 1. The summed E-state index contributed by atoms with van der Waals surface area (Å²) in [6.45, 7) is 6.00. The number of nitro benzene ring substituents is 1. The normalized spacial score (nSPS) is 10.7. The van der Waals surface area contributed by atoms with E-state index in [2.05, 4.69) is 19.2 Å². The minimum Gasteiger partial charge on any atom is -0.316 e. The lowest BCUT2D eigenvalue weighted by atomic mass is 10.1. The third-order valence-corrected chi connectivity index (χ3v) is 2.31. The molecular weight excluding hydrogens is 204 g/mol. The number of hydrogen-bond acceptors (Lipinski definition) is 3. The van der Waals surface area contributed by atoms with Crippen LogP contribution in [0.4, 0.5) is 5.69 Å². The summed E-state index contributed by atoms with van der Waals surface area (Å²) < 4.78 is 0. The van der Waals surface area contributed by atoms with Crippen molar-refractivity contribution < 1.29 is 4.92 Å². The monoisotopic (exact) mass is 222 g/mol. The van der Waals surface area contributed by atoms with E-state index in [1.54, 1.807) is 12.1 Å². The van der Waals surface area contributed by atoms with Gasteiger partial charge in [-0.25, -0.2) is 0 Å². The molecule has 0 heterocycles. The van der Waals surface area contributed by atoms with Crippen molar-refractivity contribution in [2.75, 3.05) is 13.1 Å². The molecule has 88 valence electrons. The van der Waals surface area contributed by atoms with Crippen LogP contribution in [-0.4, -0.2) is 18.0 Å². The standard InChI is InChI=1S/C12H18N2O2/c1-10(2)9-13-8-7-11-5-3-4-6-12(11)14(15)16/h3-6,10,13H,7-9H2,1-2H3. The fraction of sp³-hybridized carbons (Fsp3) is 0.500. The van der Waals surface area contributed by atoms with Crippen LogP contribution in [0.15, 0.2) is 24.3 Å². The van der Waals surface area contributed by atoms with Crippen molar-refractivity contribution in [2.24, 2.45) is 5.92 Å². The molecule has 0 aliphatic heterocycles. The number of hydrogen-bond donors (Lipinski definition) is 1. The summed E-state index contributed by atoms with van der Waals surface area (Å²) in [7, 11) is 0. The molecule has 1 aromatic carbocycles. The maximum Gasteiger partial charge on any atom is 0.272 e. The first-order valence-electron chi connectivity index (χ1n) is 5.54. The summed E-state index contributed by atoms with van der Waals surface area (Å²) >= 11 is 0. The molecule has 4 nitrogen and oxygen atoms in total. The molecule has 0 bridgehead atoms. The van der Waals surface area contributed by atoms with E-state index < -0.39 is 0 Å². The number of nitrogens with zero attached hydrogens (tertiary/aromatic N) is 1. The molecule has 0 saturated carbocycles. The highest BCUT2D eigenvalue weighted by Crippen LogP contribution is 2.17. The Morgan fingerprint density at radius 1 is 1.38 bits per heavy atom.